The molecule has 0 radical (unpaired) electrons. The van der Waals surface area contributed by atoms with Gasteiger partial charge in [-0.1, -0.05) is 0 Å². The molecule has 0 aliphatic rings. The van der Waals surface area contributed by atoms with E-state index in [1.54, 1.807) is 12.3 Å². The molecule has 1 aromatic heterocycles. The molecule has 0 bridgehead atoms. The molecule has 4 nitrogen and oxygen atoms in total. The lowest BCUT2D eigenvalue weighted by atomic mass is 10.0. The molecule has 0 spiro atoms. The van der Waals surface area contributed by atoms with Crippen LogP contribution >= 0.6 is 0 Å². The highest BCUT2D eigenvalue weighted by Gasteiger charge is 2.28. The number of hydrogen-bond donors (Lipinski definition) is 1. The number of halogens is 3. The van der Waals surface area contributed by atoms with Crippen LogP contribution < -0.4 is 15.2 Å². The Morgan fingerprint density at radius 3 is 2.62 bits per heavy atom. The highest BCUT2D eigenvalue weighted by atomic mass is 19.4. The van der Waals surface area contributed by atoms with Crippen LogP contribution in [0.25, 0.3) is 11.1 Å². The number of hydrogen-bond acceptors (Lipinski definition) is 4. The summed E-state index contributed by atoms with van der Waals surface area (Å²) in [5.74, 6) is 0.590. The monoisotopic (exact) mass is 298 g/mol. The first kappa shape index (κ1) is 15.0. The van der Waals surface area contributed by atoms with Crippen molar-refractivity contribution in [1.29, 1.82) is 0 Å². The van der Waals surface area contributed by atoms with Crippen LogP contribution in [0, 0.1) is 0 Å². The van der Waals surface area contributed by atoms with E-state index in [4.69, 9.17) is 15.2 Å². The van der Waals surface area contributed by atoms with Gasteiger partial charge >= 0.3 is 6.18 Å². The van der Waals surface area contributed by atoms with Gasteiger partial charge in [0, 0.05) is 29.2 Å². The summed E-state index contributed by atoms with van der Waals surface area (Å²) >= 11 is 0. The number of nitrogens with two attached hydrogens (primary N) is 1. The molecule has 0 unspecified atom stereocenters. The van der Waals surface area contributed by atoms with Crippen LogP contribution in [0.3, 0.4) is 0 Å². The fraction of sp³-hybridized carbons (Fsp3) is 0.214. The third kappa shape index (κ3) is 3.77. The number of alkyl halides is 3. The molecule has 0 aliphatic carbocycles. The molecule has 0 saturated heterocycles. The first-order valence-corrected chi connectivity index (χ1v) is 5.98. The third-order valence-electron chi connectivity index (χ3n) is 2.72. The molecule has 2 rings (SSSR count). The van der Waals surface area contributed by atoms with Crippen LogP contribution in [0.2, 0.25) is 0 Å². The quantitative estimate of drug-likeness (QED) is 0.880. The Balaban J connectivity index is 2.35. The molecule has 0 saturated carbocycles. The van der Waals surface area contributed by atoms with Gasteiger partial charge < -0.3 is 15.2 Å². The van der Waals surface area contributed by atoms with Crippen molar-refractivity contribution in [3.05, 3.63) is 36.7 Å². The van der Waals surface area contributed by atoms with Crippen molar-refractivity contribution in [2.24, 2.45) is 0 Å². The summed E-state index contributed by atoms with van der Waals surface area (Å²) in [5, 5.41) is 0. The number of benzene rings is 1. The van der Waals surface area contributed by atoms with Gasteiger partial charge in [0.25, 0.3) is 0 Å². The fourth-order valence-corrected chi connectivity index (χ4v) is 1.79. The van der Waals surface area contributed by atoms with Crippen LogP contribution in [-0.2, 0) is 0 Å². The Bertz CT molecular complexity index is 630. The number of nitrogens with zero attached hydrogens (tertiary/aromatic N) is 1. The second kappa shape index (κ2) is 5.90. The summed E-state index contributed by atoms with van der Waals surface area (Å²) in [6, 6.07) is 5.93. The summed E-state index contributed by atoms with van der Waals surface area (Å²) in [6.07, 6.45) is -1.33. The lowest BCUT2D eigenvalue weighted by Crippen LogP contribution is -2.19. The van der Waals surface area contributed by atoms with Gasteiger partial charge in [-0.05, 0) is 24.3 Å². The Labute approximate surface area is 119 Å². The first-order chi connectivity index (χ1) is 9.90. The van der Waals surface area contributed by atoms with E-state index in [1.165, 1.54) is 31.5 Å². The predicted molar refractivity (Wildman–Crippen MR) is 72.2 cm³/mol. The number of nitrogen functional groups attached to an aromatic ring is 1. The third-order valence-corrected chi connectivity index (χ3v) is 2.72. The van der Waals surface area contributed by atoms with E-state index >= 15 is 0 Å². The molecular weight excluding hydrogens is 285 g/mol. The van der Waals surface area contributed by atoms with E-state index in [-0.39, 0.29) is 5.75 Å². The zero-order chi connectivity index (χ0) is 15.5. The summed E-state index contributed by atoms with van der Waals surface area (Å²) in [4.78, 5) is 3.97. The first-order valence-electron chi connectivity index (χ1n) is 5.98. The maximum atomic E-state index is 12.2. The molecule has 0 amide bonds. The molecule has 112 valence electrons. The van der Waals surface area contributed by atoms with Crippen molar-refractivity contribution < 1.29 is 22.6 Å². The van der Waals surface area contributed by atoms with Crippen LogP contribution in [-0.4, -0.2) is 24.9 Å². The second-order valence-corrected chi connectivity index (χ2v) is 4.23. The Hall–Kier alpha value is -2.44. The average molecular weight is 298 g/mol. The topological polar surface area (TPSA) is 57.4 Å². The van der Waals surface area contributed by atoms with E-state index in [0.29, 0.717) is 22.6 Å². The number of methoxy groups -OCH3 is 1. The number of rotatable bonds is 4. The van der Waals surface area contributed by atoms with Gasteiger partial charge in [-0.3, -0.25) is 4.98 Å². The Morgan fingerprint density at radius 2 is 1.95 bits per heavy atom. The zero-order valence-corrected chi connectivity index (χ0v) is 11.1. The molecule has 2 N–H and O–H groups in total. The van der Waals surface area contributed by atoms with Gasteiger partial charge in [-0.25, -0.2) is 0 Å². The summed E-state index contributed by atoms with van der Waals surface area (Å²) in [6.45, 7) is -1.36. The SMILES string of the molecule is COc1ccncc1-c1cc(OCC(F)(F)F)ccc1N. The highest BCUT2D eigenvalue weighted by molar-refractivity contribution is 5.80. The van der Waals surface area contributed by atoms with Crippen molar-refractivity contribution in [3.8, 4) is 22.6 Å². The van der Waals surface area contributed by atoms with Gasteiger partial charge in [0.05, 0.1) is 7.11 Å². The standard InChI is InChI=1S/C14H13F3N2O2/c1-20-13-4-5-19-7-11(13)10-6-9(2-3-12(10)18)21-8-14(15,16)17/h2-7H,8,18H2,1H3. The van der Waals surface area contributed by atoms with E-state index < -0.39 is 12.8 Å². The lowest BCUT2D eigenvalue weighted by molar-refractivity contribution is -0.153. The largest absolute Gasteiger partial charge is 0.496 e. The molecule has 2 aromatic rings. The van der Waals surface area contributed by atoms with Crippen molar-refractivity contribution in [2.75, 3.05) is 19.5 Å². The van der Waals surface area contributed by atoms with Crippen molar-refractivity contribution >= 4 is 5.69 Å². The number of anilines is 1. The minimum Gasteiger partial charge on any atom is -0.496 e. The second-order valence-electron chi connectivity index (χ2n) is 4.23. The minimum atomic E-state index is -4.40. The molecular formula is C14H13F3N2O2. The maximum absolute atomic E-state index is 12.2. The molecule has 1 heterocycles. The smallest absolute Gasteiger partial charge is 0.422 e. The van der Waals surface area contributed by atoms with Gasteiger partial charge in [-0.15, -0.1) is 0 Å². The van der Waals surface area contributed by atoms with Crippen LogP contribution in [0.5, 0.6) is 11.5 Å². The number of ether oxygens (including phenoxy) is 2. The molecule has 1 aromatic carbocycles. The molecule has 0 aliphatic heterocycles. The van der Waals surface area contributed by atoms with Gasteiger partial charge in [-0.2, -0.15) is 13.2 Å². The minimum absolute atomic E-state index is 0.0717. The van der Waals surface area contributed by atoms with E-state index in [1.807, 2.05) is 0 Å². The maximum Gasteiger partial charge on any atom is 0.422 e. The van der Waals surface area contributed by atoms with Crippen LogP contribution in [0.4, 0.5) is 18.9 Å². The molecule has 0 fully saturated rings. The summed E-state index contributed by atoms with van der Waals surface area (Å²) in [7, 11) is 1.49. The molecule has 21 heavy (non-hydrogen) atoms. The van der Waals surface area contributed by atoms with E-state index in [0.717, 1.165) is 0 Å². The number of pyridine rings is 1. The van der Waals surface area contributed by atoms with Gasteiger partial charge in [0.1, 0.15) is 11.5 Å². The summed E-state index contributed by atoms with van der Waals surface area (Å²) < 4.78 is 46.5. The van der Waals surface area contributed by atoms with Crippen LogP contribution in [0.15, 0.2) is 36.7 Å². The number of aromatic nitrogens is 1. The van der Waals surface area contributed by atoms with E-state index in [2.05, 4.69) is 4.98 Å². The Kier molecular flexibility index (Phi) is 4.21. The zero-order valence-electron chi connectivity index (χ0n) is 11.1. The van der Waals surface area contributed by atoms with E-state index in [9.17, 15) is 13.2 Å². The van der Waals surface area contributed by atoms with Crippen molar-refractivity contribution in [1.82, 2.24) is 4.98 Å². The molecule has 7 heteroatoms. The fourth-order valence-electron chi connectivity index (χ4n) is 1.79. The van der Waals surface area contributed by atoms with Gasteiger partial charge in [0.15, 0.2) is 6.61 Å². The van der Waals surface area contributed by atoms with Crippen LogP contribution in [0.1, 0.15) is 0 Å². The lowest BCUT2D eigenvalue weighted by Gasteiger charge is -2.13. The predicted octanol–water partition coefficient (Wildman–Crippen LogP) is 3.28. The normalized spacial score (nSPS) is 11.2. The van der Waals surface area contributed by atoms with Gasteiger partial charge in [0.2, 0.25) is 0 Å². The highest BCUT2D eigenvalue weighted by Crippen LogP contribution is 2.35. The van der Waals surface area contributed by atoms with Crippen molar-refractivity contribution in [2.45, 2.75) is 6.18 Å². The molecule has 0 atom stereocenters. The van der Waals surface area contributed by atoms with Crippen molar-refractivity contribution in [3.63, 3.8) is 0 Å². The summed E-state index contributed by atoms with van der Waals surface area (Å²) in [5.41, 5.74) is 7.33. The Morgan fingerprint density at radius 1 is 1.19 bits per heavy atom. The average Bonchev–Trinajstić information content (AvgIpc) is 2.45.